The molecule has 2 nitrogen and oxygen atoms in total. The lowest BCUT2D eigenvalue weighted by molar-refractivity contribution is -0.322. The van der Waals surface area contributed by atoms with Crippen LogP contribution in [0.4, 0.5) is 37.7 Å². The maximum Gasteiger partial charge on any atom is 0.457 e. The molecule has 4 N–H and O–H groups in total. The third-order valence-corrected chi connectivity index (χ3v) is 5.10. The van der Waals surface area contributed by atoms with E-state index in [4.69, 9.17) is 11.5 Å². The molecule has 0 bridgehead atoms. The van der Waals surface area contributed by atoms with Crippen molar-refractivity contribution in [2.24, 2.45) is 0 Å². The number of benzene rings is 2. The van der Waals surface area contributed by atoms with Crippen molar-refractivity contribution in [3.63, 3.8) is 0 Å². The first kappa shape index (κ1) is 20.9. The molecule has 148 valence electrons. The van der Waals surface area contributed by atoms with Crippen LogP contribution >= 0.6 is 0 Å². The molecule has 0 saturated carbocycles. The van der Waals surface area contributed by atoms with Crippen molar-refractivity contribution in [3.05, 3.63) is 57.6 Å². The summed E-state index contributed by atoms with van der Waals surface area (Å²) in [7, 11) is 0. The second-order valence-corrected chi connectivity index (χ2v) is 6.67. The Morgan fingerprint density at radius 2 is 0.963 bits per heavy atom. The monoisotopic (exact) mass is 390 g/mol. The number of anilines is 2. The van der Waals surface area contributed by atoms with E-state index in [0.717, 1.165) is 12.1 Å². The van der Waals surface area contributed by atoms with Crippen LogP contribution in [0.2, 0.25) is 0 Å². The van der Waals surface area contributed by atoms with Gasteiger partial charge in [0.2, 0.25) is 5.67 Å². The molecule has 27 heavy (non-hydrogen) atoms. The van der Waals surface area contributed by atoms with Crippen LogP contribution in [0.5, 0.6) is 0 Å². The van der Waals surface area contributed by atoms with Gasteiger partial charge in [-0.25, -0.2) is 4.39 Å². The zero-order valence-electron chi connectivity index (χ0n) is 15.2. The predicted molar refractivity (Wildman–Crippen MR) is 93.5 cm³/mol. The van der Waals surface area contributed by atoms with E-state index in [-0.39, 0.29) is 11.1 Å². The summed E-state index contributed by atoms with van der Waals surface area (Å²) in [6.45, 7) is 6.01. The fourth-order valence-electron chi connectivity index (χ4n) is 2.95. The Morgan fingerprint density at radius 1 is 0.630 bits per heavy atom. The maximum atomic E-state index is 16.0. The molecule has 0 atom stereocenters. The van der Waals surface area contributed by atoms with Crippen LogP contribution in [0.15, 0.2) is 24.3 Å². The highest BCUT2D eigenvalue weighted by Gasteiger charge is 2.73. The quantitative estimate of drug-likeness (QED) is 0.537. The number of aryl methyl sites for hydroxylation is 2. The van der Waals surface area contributed by atoms with Crippen LogP contribution in [0.3, 0.4) is 0 Å². The molecule has 0 radical (unpaired) electrons. The van der Waals surface area contributed by atoms with Crippen LogP contribution in [0, 0.1) is 27.7 Å². The van der Waals surface area contributed by atoms with Gasteiger partial charge in [0.05, 0.1) is 0 Å². The fourth-order valence-corrected chi connectivity index (χ4v) is 2.95. The standard InChI is InChI=1S/C19H20F6N2/c1-9-5-7-13(15(26)11(9)3)17(20,18(21,22)19(23,24)25)14-8-6-10(2)12(4)16(14)27/h5-8H,26-27H2,1-4H3. The SMILES string of the molecule is Cc1ccc(C(F)(c2ccc(C)c(C)c2N)C(F)(F)C(F)(F)F)c(N)c1C. The van der Waals surface area contributed by atoms with Crippen LogP contribution in [0.1, 0.15) is 33.4 Å². The summed E-state index contributed by atoms with van der Waals surface area (Å²) < 4.78 is 84.9. The molecule has 2 rings (SSSR count). The molecule has 0 unspecified atom stereocenters. The van der Waals surface area contributed by atoms with E-state index in [9.17, 15) is 22.0 Å². The fraction of sp³-hybridized carbons (Fsp3) is 0.368. The molecule has 8 heteroatoms. The number of hydrogen-bond acceptors (Lipinski definition) is 2. The third-order valence-electron chi connectivity index (χ3n) is 5.10. The third kappa shape index (κ3) is 2.91. The Labute approximate surface area is 153 Å². The molecular formula is C19H20F6N2. The Bertz CT molecular complexity index is 829. The summed E-state index contributed by atoms with van der Waals surface area (Å²) in [6, 6.07) is 4.20. The van der Waals surface area contributed by atoms with Crippen molar-refractivity contribution in [2.45, 2.75) is 45.5 Å². The predicted octanol–water partition coefficient (Wildman–Crippen LogP) is 5.50. The topological polar surface area (TPSA) is 52.0 Å². The number of halogens is 6. The van der Waals surface area contributed by atoms with Crippen molar-refractivity contribution >= 4 is 11.4 Å². The van der Waals surface area contributed by atoms with E-state index >= 15 is 4.39 Å². The Kier molecular flexibility index (Phi) is 4.92. The lowest BCUT2D eigenvalue weighted by Gasteiger charge is -2.37. The van der Waals surface area contributed by atoms with E-state index in [1.165, 1.54) is 26.0 Å². The van der Waals surface area contributed by atoms with E-state index in [2.05, 4.69) is 0 Å². The van der Waals surface area contributed by atoms with E-state index in [1.807, 2.05) is 0 Å². The van der Waals surface area contributed by atoms with Gasteiger partial charge in [-0.1, -0.05) is 24.3 Å². The summed E-state index contributed by atoms with van der Waals surface area (Å²) >= 11 is 0. The smallest absolute Gasteiger partial charge is 0.398 e. The summed E-state index contributed by atoms with van der Waals surface area (Å²) in [5.74, 6) is -5.77. The molecular weight excluding hydrogens is 370 g/mol. The normalized spacial score (nSPS) is 13.1. The van der Waals surface area contributed by atoms with Gasteiger partial charge in [-0.15, -0.1) is 0 Å². The van der Waals surface area contributed by atoms with Crippen LogP contribution in [0.25, 0.3) is 0 Å². The summed E-state index contributed by atoms with van der Waals surface area (Å²) in [5, 5.41) is 0. The number of rotatable bonds is 3. The second-order valence-electron chi connectivity index (χ2n) is 6.67. The van der Waals surface area contributed by atoms with Gasteiger partial charge >= 0.3 is 12.1 Å². The number of nitrogens with two attached hydrogens (primary N) is 2. The molecule has 0 saturated heterocycles. The van der Waals surface area contributed by atoms with E-state index in [0.29, 0.717) is 11.1 Å². The van der Waals surface area contributed by atoms with E-state index in [1.54, 1.807) is 13.8 Å². The first-order chi connectivity index (χ1) is 12.2. The molecule has 0 aromatic heterocycles. The molecule has 2 aromatic carbocycles. The number of hydrogen-bond donors (Lipinski definition) is 2. The molecule has 0 spiro atoms. The average Bonchev–Trinajstić information content (AvgIpc) is 2.56. The van der Waals surface area contributed by atoms with Gasteiger partial charge in [0.15, 0.2) is 0 Å². The molecule has 0 aliphatic heterocycles. The molecule has 0 fully saturated rings. The van der Waals surface area contributed by atoms with Crippen molar-refractivity contribution in [1.82, 2.24) is 0 Å². The highest BCUT2D eigenvalue weighted by Crippen LogP contribution is 2.57. The number of nitrogen functional groups attached to an aromatic ring is 2. The minimum absolute atomic E-state index is 0.218. The molecule has 0 aliphatic carbocycles. The first-order valence-corrected chi connectivity index (χ1v) is 8.03. The largest absolute Gasteiger partial charge is 0.457 e. The van der Waals surface area contributed by atoms with Crippen LogP contribution < -0.4 is 11.5 Å². The van der Waals surface area contributed by atoms with Gasteiger partial charge in [0, 0.05) is 22.5 Å². The van der Waals surface area contributed by atoms with Crippen molar-refractivity contribution in [2.75, 3.05) is 11.5 Å². The number of alkyl halides is 6. The van der Waals surface area contributed by atoms with Gasteiger partial charge < -0.3 is 11.5 Å². The zero-order chi connectivity index (χ0) is 20.9. The van der Waals surface area contributed by atoms with Crippen LogP contribution in [-0.4, -0.2) is 12.1 Å². The molecule has 2 aromatic rings. The van der Waals surface area contributed by atoms with Gasteiger partial charge in [-0.3, -0.25) is 0 Å². The lowest BCUT2D eigenvalue weighted by Crippen LogP contribution is -2.53. The zero-order valence-corrected chi connectivity index (χ0v) is 15.2. The molecule has 0 heterocycles. The highest BCUT2D eigenvalue weighted by molar-refractivity contribution is 5.67. The lowest BCUT2D eigenvalue weighted by atomic mass is 9.78. The van der Waals surface area contributed by atoms with Gasteiger partial charge in [0.25, 0.3) is 0 Å². The maximum absolute atomic E-state index is 16.0. The van der Waals surface area contributed by atoms with Crippen molar-refractivity contribution < 1.29 is 26.3 Å². The molecule has 0 aliphatic rings. The van der Waals surface area contributed by atoms with Crippen molar-refractivity contribution in [3.8, 4) is 0 Å². The Balaban J connectivity index is 3.00. The van der Waals surface area contributed by atoms with Gasteiger partial charge in [-0.05, 0) is 49.9 Å². The minimum Gasteiger partial charge on any atom is -0.398 e. The summed E-state index contributed by atoms with van der Waals surface area (Å²) in [5.41, 5.74) is 5.88. The first-order valence-electron chi connectivity index (χ1n) is 8.03. The highest BCUT2D eigenvalue weighted by atomic mass is 19.4. The average molecular weight is 390 g/mol. The summed E-state index contributed by atoms with van der Waals surface area (Å²) in [6.07, 6.45) is -6.17. The van der Waals surface area contributed by atoms with Crippen LogP contribution in [-0.2, 0) is 5.67 Å². The Hall–Kier alpha value is -2.38. The van der Waals surface area contributed by atoms with Gasteiger partial charge in [-0.2, -0.15) is 22.0 Å². The summed E-state index contributed by atoms with van der Waals surface area (Å²) in [4.78, 5) is 0. The second kappa shape index (κ2) is 6.35. The Morgan fingerprint density at radius 3 is 1.26 bits per heavy atom. The van der Waals surface area contributed by atoms with Crippen molar-refractivity contribution in [1.29, 1.82) is 0 Å². The molecule has 0 amide bonds. The van der Waals surface area contributed by atoms with Gasteiger partial charge in [0.1, 0.15) is 0 Å². The minimum atomic E-state index is -6.17. The van der Waals surface area contributed by atoms with E-state index < -0.39 is 40.3 Å².